The maximum atomic E-state index is 11.4. The first-order valence-corrected chi connectivity index (χ1v) is 9.50. The second-order valence-electron chi connectivity index (χ2n) is 7.06. The van der Waals surface area contributed by atoms with Crippen molar-refractivity contribution in [2.75, 3.05) is 6.54 Å². The van der Waals surface area contributed by atoms with Gasteiger partial charge in [-0.1, -0.05) is 62.7 Å². The number of nitro groups is 1. The Balaban J connectivity index is 2.26. The van der Waals surface area contributed by atoms with Crippen LogP contribution >= 0.6 is 11.6 Å². The fourth-order valence-electron chi connectivity index (χ4n) is 2.96. The van der Waals surface area contributed by atoms with Gasteiger partial charge in [-0.15, -0.1) is 0 Å². The molecule has 2 rings (SSSR count). The highest BCUT2D eigenvalue weighted by Gasteiger charge is 2.20. The van der Waals surface area contributed by atoms with Crippen molar-refractivity contribution < 1.29 is 4.92 Å². The lowest BCUT2D eigenvalue weighted by molar-refractivity contribution is -0.385. The van der Waals surface area contributed by atoms with Crippen LogP contribution in [-0.2, 0) is 19.5 Å². The highest BCUT2D eigenvalue weighted by Crippen LogP contribution is 2.28. The van der Waals surface area contributed by atoms with Crippen LogP contribution in [0.4, 0.5) is 5.69 Å². The Morgan fingerprint density at radius 3 is 2.46 bits per heavy atom. The molecule has 0 saturated heterocycles. The molecule has 0 atom stereocenters. The average molecular weight is 375 g/mol. The molecule has 140 valence electrons. The van der Waals surface area contributed by atoms with Crippen molar-refractivity contribution in [3.8, 4) is 0 Å². The standard InChI is InChI=1S/C21H27ClN2O2/c1-4-17-7-5-8-18(13-17)14-23(12-11-16(2)3)15-19-20(22)9-6-10-21(19)24(25)26/h5-10,13,16H,4,11-12,14-15H2,1-3H3. The topological polar surface area (TPSA) is 46.4 Å². The van der Waals surface area contributed by atoms with E-state index in [4.69, 9.17) is 11.6 Å². The quantitative estimate of drug-likeness (QED) is 0.408. The number of nitrogens with zero attached hydrogens (tertiary/aromatic N) is 2. The molecular weight excluding hydrogens is 348 g/mol. The van der Waals surface area contributed by atoms with Crippen molar-refractivity contribution in [3.05, 3.63) is 74.3 Å². The maximum Gasteiger partial charge on any atom is 0.275 e. The Labute approximate surface area is 160 Å². The molecule has 0 aliphatic carbocycles. The van der Waals surface area contributed by atoms with Crippen LogP contribution in [-0.4, -0.2) is 16.4 Å². The van der Waals surface area contributed by atoms with Crippen LogP contribution in [0.5, 0.6) is 0 Å². The monoisotopic (exact) mass is 374 g/mol. The van der Waals surface area contributed by atoms with E-state index in [0.29, 0.717) is 23.0 Å². The van der Waals surface area contributed by atoms with Crippen LogP contribution in [0, 0.1) is 16.0 Å². The first-order chi connectivity index (χ1) is 12.4. The Morgan fingerprint density at radius 2 is 1.81 bits per heavy atom. The lowest BCUT2D eigenvalue weighted by Crippen LogP contribution is -2.25. The van der Waals surface area contributed by atoms with Crippen LogP contribution in [0.15, 0.2) is 42.5 Å². The zero-order chi connectivity index (χ0) is 19.1. The molecule has 5 heteroatoms. The average Bonchev–Trinajstić information content (AvgIpc) is 2.61. The fraction of sp³-hybridized carbons (Fsp3) is 0.429. The smallest absolute Gasteiger partial charge is 0.275 e. The molecule has 0 aromatic heterocycles. The summed E-state index contributed by atoms with van der Waals surface area (Å²) in [6, 6.07) is 13.4. The van der Waals surface area contributed by atoms with E-state index in [-0.39, 0.29) is 10.6 Å². The Kier molecular flexibility index (Phi) is 7.61. The van der Waals surface area contributed by atoms with Crippen molar-refractivity contribution >= 4 is 17.3 Å². The minimum atomic E-state index is -0.348. The van der Waals surface area contributed by atoms with Gasteiger partial charge in [0.25, 0.3) is 5.69 Å². The van der Waals surface area contributed by atoms with Gasteiger partial charge in [-0.25, -0.2) is 0 Å². The predicted molar refractivity (Wildman–Crippen MR) is 107 cm³/mol. The van der Waals surface area contributed by atoms with E-state index in [1.807, 2.05) is 0 Å². The molecule has 0 unspecified atom stereocenters. The van der Waals surface area contributed by atoms with Crippen molar-refractivity contribution in [2.24, 2.45) is 5.92 Å². The highest BCUT2D eigenvalue weighted by molar-refractivity contribution is 6.31. The summed E-state index contributed by atoms with van der Waals surface area (Å²) >= 11 is 6.30. The SMILES string of the molecule is CCc1cccc(CN(CCC(C)C)Cc2c(Cl)cccc2[N+](=O)[O-])c1. The summed E-state index contributed by atoms with van der Waals surface area (Å²) < 4.78 is 0. The Hall–Kier alpha value is -1.91. The third-order valence-corrected chi connectivity index (χ3v) is 4.86. The van der Waals surface area contributed by atoms with Crippen LogP contribution in [0.2, 0.25) is 5.02 Å². The summed E-state index contributed by atoms with van der Waals surface area (Å²) in [6.07, 6.45) is 2.03. The molecule has 0 aliphatic heterocycles. The molecular formula is C21H27ClN2O2. The molecule has 0 heterocycles. The van der Waals surface area contributed by atoms with Gasteiger partial charge in [-0.3, -0.25) is 15.0 Å². The lowest BCUT2D eigenvalue weighted by Gasteiger charge is -2.24. The summed E-state index contributed by atoms with van der Waals surface area (Å²) in [4.78, 5) is 13.3. The van der Waals surface area contributed by atoms with E-state index >= 15 is 0 Å². The number of rotatable bonds is 9. The molecule has 0 N–H and O–H groups in total. The van der Waals surface area contributed by atoms with Gasteiger partial charge in [0.05, 0.1) is 15.5 Å². The van der Waals surface area contributed by atoms with E-state index in [9.17, 15) is 10.1 Å². The van der Waals surface area contributed by atoms with Gasteiger partial charge in [0, 0.05) is 19.2 Å². The second-order valence-corrected chi connectivity index (χ2v) is 7.47. The third kappa shape index (κ3) is 5.82. The molecule has 0 spiro atoms. The van der Waals surface area contributed by atoms with Crippen molar-refractivity contribution in [2.45, 2.75) is 46.7 Å². The van der Waals surface area contributed by atoms with Gasteiger partial charge in [-0.2, -0.15) is 0 Å². The summed E-state index contributed by atoms with van der Waals surface area (Å²) in [5.74, 6) is 0.570. The maximum absolute atomic E-state index is 11.4. The number of nitro benzene ring substituents is 1. The molecule has 2 aromatic rings. The van der Waals surface area contributed by atoms with E-state index in [2.05, 4.69) is 49.9 Å². The molecule has 0 saturated carbocycles. The predicted octanol–water partition coefficient (Wildman–Crippen LogP) is 5.86. The molecule has 4 nitrogen and oxygen atoms in total. The zero-order valence-electron chi connectivity index (χ0n) is 15.7. The van der Waals surface area contributed by atoms with E-state index < -0.39 is 0 Å². The summed E-state index contributed by atoms with van der Waals surface area (Å²) in [6.45, 7) is 8.61. The van der Waals surface area contributed by atoms with Gasteiger partial charge in [-0.05, 0) is 42.5 Å². The molecule has 0 amide bonds. The van der Waals surface area contributed by atoms with E-state index in [1.165, 1.54) is 17.2 Å². The van der Waals surface area contributed by atoms with Crippen molar-refractivity contribution in [1.82, 2.24) is 4.90 Å². The second kappa shape index (κ2) is 9.70. The van der Waals surface area contributed by atoms with E-state index in [1.54, 1.807) is 12.1 Å². The van der Waals surface area contributed by atoms with Crippen LogP contribution < -0.4 is 0 Å². The van der Waals surface area contributed by atoms with Gasteiger partial charge in [0.15, 0.2) is 0 Å². The molecule has 2 aromatic carbocycles. The molecule has 0 aliphatic rings. The highest BCUT2D eigenvalue weighted by atomic mass is 35.5. The zero-order valence-corrected chi connectivity index (χ0v) is 16.5. The summed E-state index contributed by atoms with van der Waals surface area (Å²) in [7, 11) is 0. The minimum Gasteiger partial charge on any atom is -0.295 e. The number of benzene rings is 2. The van der Waals surface area contributed by atoms with Gasteiger partial charge in [0.1, 0.15) is 0 Å². The number of hydrogen-bond donors (Lipinski definition) is 0. The van der Waals surface area contributed by atoms with Crippen LogP contribution in [0.25, 0.3) is 0 Å². The molecule has 0 fully saturated rings. The lowest BCUT2D eigenvalue weighted by atomic mass is 10.1. The number of aryl methyl sites for hydroxylation is 1. The normalized spacial score (nSPS) is 11.3. The number of hydrogen-bond acceptors (Lipinski definition) is 3. The fourth-order valence-corrected chi connectivity index (χ4v) is 3.19. The van der Waals surface area contributed by atoms with Crippen molar-refractivity contribution in [1.29, 1.82) is 0 Å². The first-order valence-electron chi connectivity index (χ1n) is 9.12. The third-order valence-electron chi connectivity index (χ3n) is 4.50. The van der Waals surface area contributed by atoms with Crippen molar-refractivity contribution in [3.63, 3.8) is 0 Å². The minimum absolute atomic E-state index is 0.0920. The molecule has 0 radical (unpaired) electrons. The van der Waals surface area contributed by atoms with Gasteiger partial charge >= 0.3 is 0 Å². The van der Waals surface area contributed by atoms with Crippen LogP contribution in [0.1, 0.15) is 43.9 Å². The van der Waals surface area contributed by atoms with Crippen LogP contribution in [0.3, 0.4) is 0 Å². The molecule has 0 bridgehead atoms. The number of halogens is 1. The van der Waals surface area contributed by atoms with Gasteiger partial charge < -0.3 is 0 Å². The molecule has 26 heavy (non-hydrogen) atoms. The summed E-state index contributed by atoms with van der Waals surface area (Å²) in [5.41, 5.74) is 3.21. The Bertz CT molecular complexity index is 747. The largest absolute Gasteiger partial charge is 0.295 e. The first kappa shape index (κ1) is 20.4. The Morgan fingerprint density at radius 1 is 1.12 bits per heavy atom. The van der Waals surface area contributed by atoms with E-state index in [0.717, 1.165) is 25.9 Å². The van der Waals surface area contributed by atoms with Gasteiger partial charge in [0.2, 0.25) is 0 Å². The summed E-state index contributed by atoms with van der Waals surface area (Å²) in [5, 5.41) is 11.8.